The SMILES string of the molecule is O=C(Cc1cccs1)c1cc(Cl)cc(Br)c1. The maximum Gasteiger partial charge on any atom is 0.168 e. The zero-order valence-corrected chi connectivity index (χ0v) is 11.4. The first kappa shape index (κ1) is 11.8. The van der Waals surface area contributed by atoms with Gasteiger partial charge >= 0.3 is 0 Å². The summed E-state index contributed by atoms with van der Waals surface area (Å²) in [6.07, 6.45) is 0.435. The minimum absolute atomic E-state index is 0.0886. The fraction of sp³-hybridized carbons (Fsp3) is 0.0833. The molecule has 0 aliphatic heterocycles. The molecule has 0 amide bonds. The van der Waals surface area contributed by atoms with E-state index in [-0.39, 0.29) is 5.78 Å². The number of ketones is 1. The maximum atomic E-state index is 11.9. The van der Waals surface area contributed by atoms with E-state index in [9.17, 15) is 4.79 Å². The van der Waals surface area contributed by atoms with Crippen molar-refractivity contribution in [2.75, 3.05) is 0 Å². The highest BCUT2D eigenvalue weighted by Crippen LogP contribution is 2.21. The van der Waals surface area contributed by atoms with Crippen LogP contribution >= 0.6 is 38.9 Å². The molecule has 2 aromatic rings. The van der Waals surface area contributed by atoms with Gasteiger partial charge in [0.05, 0.1) is 0 Å². The highest BCUT2D eigenvalue weighted by atomic mass is 79.9. The first-order chi connectivity index (χ1) is 7.65. The Morgan fingerprint density at radius 1 is 1.38 bits per heavy atom. The number of thiophene rings is 1. The standard InChI is InChI=1S/C12H8BrClOS/c13-9-4-8(5-10(14)6-9)12(15)7-11-2-1-3-16-11/h1-6H,7H2. The van der Waals surface area contributed by atoms with Crippen LogP contribution in [0.15, 0.2) is 40.2 Å². The highest BCUT2D eigenvalue weighted by molar-refractivity contribution is 9.10. The fourth-order valence-corrected chi connectivity index (χ4v) is 2.95. The molecular formula is C12H8BrClOS. The molecule has 0 aliphatic rings. The molecule has 4 heteroatoms. The molecule has 1 aromatic carbocycles. The van der Waals surface area contributed by atoms with Crippen molar-refractivity contribution >= 4 is 44.7 Å². The van der Waals surface area contributed by atoms with Gasteiger partial charge < -0.3 is 0 Å². The number of hydrogen-bond donors (Lipinski definition) is 0. The topological polar surface area (TPSA) is 17.1 Å². The van der Waals surface area contributed by atoms with Crippen LogP contribution in [-0.2, 0) is 6.42 Å². The number of rotatable bonds is 3. The van der Waals surface area contributed by atoms with Crippen molar-refractivity contribution in [1.82, 2.24) is 0 Å². The molecule has 0 aliphatic carbocycles. The molecule has 0 bridgehead atoms. The Kier molecular flexibility index (Phi) is 3.79. The van der Waals surface area contributed by atoms with Gasteiger partial charge in [0.25, 0.3) is 0 Å². The summed E-state index contributed by atoms with van der Waals surface area (Å²) in [7, 11) is 0. The van der Waals surface area contributed by atoms with E-state index in [0.29, 0.717) is 17.0 Å². The van der Waals surface area contributed by atoms with Crippen molar-refractivity contribution in [3.05, 3.63) is 55.6 Å². The average molecular weight is 316 g/mol. The molecular weight excluding hydrogens is 308 g/mol. The summed E-state index contributed by atoms with van der Waals surface area (Å²) >= 11 is 10.8. The largest absolute Gasteiger partial charge is 0.294 e. The van der Waals surface area contributed by atoms with Crippen LogP contribution in [0.1, 0.15) is 15.2 Å². The summed E-state index contributed by atoms with van der Waals surface area (Å²) in [5.41, 5.74) is 0.646. The van der Waals surface area contributed by atoms with Crippen LogP contribution in [0.3, 0.4) is 0 Å². The van der Waals surface area contributed by atoms with Gasteiger partial charge in [-0.05, 0) is 29.6 Å². The molecule has 0 radical (unpaired) electrons. The first-order valence-corrected chi connectivity index (χ1v) is 6.72. The van der Waals surface area contributed by atoms with E-state index in [2.05, 4.69) is 15.9 Å². The zero-order valence-electron chi connectivity index (χ0n) is 8.24. The number of Topliss-reactive ketones (excluding diaryl/α,β-unsaturated/α-hetero) is 1. The van der Waals surface area contributed by atoms with E-state index < -0.39 is 0 Å². The van der Waals surface area contributed by atoms with Crippen molar-refractivity contribution in [3.8, 4) is 0 Å². The third-order valence-electron chi connectivity index (χ3n) is 2.10. The molecule has 1 heterocycles. The fourth-order valence-electron chi connectivity index (χ4n) is 1.39. The van der Waals surface area contributed by atoms with Gasteiger partial charge in [-0.2, -0.15) is 0 Å². The zero-order chi connectivity index (χ0) is 11.5. The molecule has 0 spiro atoms. The second-order valence-corrected chi connectivity index (χ2v) is 5.72. The van der Waals surface area contributed by atoms with E-state index in [0.717, 1.165) is 9.35 Å². The van der Waals surface area contributed by atoms with Crippen LogP contribution in [-0.4, -0.2) is 5.78 Å². The maximum absolute atomic E-state index is 11.9. The van der Waals surface area contributed by atoms with Gasteiger partial charge in [-0.15, -0.1) is 11.3 Å². The molecule has 1 aromatic heterocycles. The van der Waals surface area contributed by atoms with E-state index in [1.54, 1.807) is 29.5 Å². The lowest BCUT2D eigenvalue weighted by atomic mass is 10.1. The van der Waals surface area contributed by atoms with Gasteiger partial charge in [0.1, 0.15) is 0 Å². The lowest BCUT2D eigenvalue weighted by molar-refractivity contribution is 0.0994. The highest BCUT2D eigenvalue weighted by Gasteiger charge is 2.09. The average Bonchev–Trinajstić information content (AvgIpc) is 2.68. The van der Waals surface area contributed by atoms with Crippen LogP contribution in [0.25, 0.3) is 0 Å². The van der Waals surface area contributed by atoms with Gasteiger partial charge in [0, 0.05) is 26.4 Å². The van der Waals surface area contributed by atoms with Crippen LogP contribution in [0.5, 0.6) is 0 Å². The number of halogens is 2. The summed E-state index contributed by atoms with van der Waals surface area (Å²) in [4.78, 5) is 13.0. The molecule has 0 N–H and O–H groups in total. The monoisotopic (exact) mass is 314 g/mol. The Morgan fingerprint density at radius 2 is 2.19 bits per heavy atom. The number of carbonyl (C=O) groups is 1. The van der Waals surface area contributed by atoms with E-state index in [1.807, 2.05) is 17.5 Å². The third-order valence-corrected chi connectivity index (χ3v) is 3.65. The normalized spacial score (nSPS) is 10.4. The summed E-state index contributed by atoms with van der Waals surface area (Å²) in [6.45, 7) is 0. The van der Waals surface area contributed by atoms with Crippen LogP contribution in [0, 0.1) is 0 Å². The first-order valence-electron chi connectivity index (χ1n) is 4.67. The smallest absolute Gasteiger partial charge is 0.168 e. The van der Waals surface area contributed by atoms with Gasteiger partial charge in [-0.25, -0.2) is 0 Å². The van der Waals surface area contributed by atoms with E-state index in [4.69, 9.17) is 11.6 Å². The quantitative estimate of drug-likeness (QED) is 0.757. The van der Waals surface area contributed by atoms with Crippen LogP contribution in [0.2, 0.25) is 5.02 Å². The number of benzene rings is 1. The predicted octanol–water partition coefficient (Wildman–Crippen LogP) is 4.59. The van der Waals surface area contributed by atoms with Gasteiger partial charge in [-0.1, -0.05) is 33.6 Å². The van der Waals surface area contributed by atoms with Gasteiger partial charge in [0.15, 0.2) is 5.78 Å². The minimum atomic E-state index is 0.0886. The molecule has 2 rings (SSSR count). The molecule has 1 nitrogen and oxygen atoms in total. The molecule has 0 unspecified atom stereocenters. The van der Waals surface area contributed by atoms with E-state index in [1.165, 1.54) is 0 Å². The van der Waals surface area contributed by atoms with Gasteiger partial charge in [-0.3, -0.25) is 4.79 Å². The Bertz CT molecular complexity index is 487. The predicted molar refractivity (Wildman–Crippen MR) is 71.5 cm³/mol. The Labute approximate surface area is 111 Å². The minimum Gasteiger partial charge on any atom is -0.294 e. The lowest BCUT2D eigenvalue weighted by Crippen LogP contribution is -2.02. The van der Waals surface area contributed by atoms with Crippen molar-refractivity contribution < 1.29 is 4.79 Å². The summed E-state index contributed by atoms with van der Waals surface area (Å²) in [6, 6.07) is 9.16. The van der Waals surface area contributed by atoms with Crippen LogP contribution in [0.4, 0.5) is 0 Å². The van der Waals surface area contributed by atoms with Crippen molar-refractivity contribution in [1.29, 1.82) is 0 Å². The number of hydrogen-bond acceptors (Lipinski definition) is 2. The van der Waals surface area contributed by atoms with Crippen molar-refractivity contribution in [3.63, 3.8) is 0 Å². The summed E-state index contributed by atoms with van der Waals surface area (Å²) < 4.78 is 0.828. The Balaban J connectivity index is 2.21. The van der Waals surface area contributed by atoms with Crippen LogP contribution < -0.4 is 0 Å². The summed E-state index contributed by atoms with van der Waals surface area (Å²) in [5.74, 6) is 0.0886. The second-order valence-electron chi connectivity index (χ2n) is 3.34. The van der Waals surface area contributed by atoms with Crippen molar-refractivity contribution in [2.45, 2.75) is 6.42 Å². The summed E-state index contributed by atoms with van der Waals surface area (Å²) in [5, 5.41) is 2.54. The molecule has 82 valence electrons. The van der Waals surface area contributed by atoms with E-state index >= 15 is 0 Å². The van der Waals surface area contributed by atoms with Crippen molar-refractivity contribution in [2.24, 2.45) is 0 Å². The lowest BCUT2D eigenvalue weighted by Gasteiger charge is -2.01. The molecule has 0 saturated carbocycles. The Hall–Kier alpha value is -0.640. The van der Waals surface area contributed by atoms with Gasteiger partial charge in [0.2, 0.25) is 0 Å². The number of carbonyl (C=O) groups excluding carboxylic acids is 1. The molecule has 0 atom stereocenters. The molecule has 0 fully saturated rings. The second kappa shape index (κ2) is 5.13. The molecule has 16 heavy (non-hydrogen) atoms. The third kappa shape index (κ3) is 2.94. The Morgan fingerprint density at radius 3 is 2.81 bits per heavy atom. The molecule has 0 saturated heterocycles.